The molecule has 0 aromatic rings. The third kappa shape index (κ3) is 25.0. The Morgan fingerprint density at radius 1 is 0.409 bits per heavy atom. The molecule has 0 aromatic heterocycles. The highest BCUT2D eigenvalue weighted by Crippen LogP contribution is 2.17. The van der Waals surface area contributed by atoms with Gasteiger partial charge in [-0.1, -0.05) is 107 Å². The van der Waals surface area contributed by atoms with Crippen LogP contribution in [0.25, 0.3) is 0 Å². The van der Waals surface area contributed by atoms with Crippen molar-refractivity contribution in [1.29, 1.82) is 0 Å². The minimum absolute atomic E-state index is 1.35. The number of carboxylic acid groups (broad SMARTS) is 2. The average Bonchev–Trinajstić information content (AvgIpc) is 3.03. The van der Waals surface area contributed by atoms with Crippen LogP contribution in [0.3, 0.4) is 0 Å². The molecule has 8 heteroatoms. The van der Waals surface area contributed by atoms with E-state index in [1.54, 1.807) is 0 Å². The first-order chi connectivity index (χ1) is 20.9. The summed E-state index contributed by atoms with van der Waals surface area (Å²) in [5.74, 6) is -4.12. The second-order valence-electron chi connectivity index (χ2n) is 12.8. The average molecular weight is 633 g/mol. The van der Waals surface area contributed by atoms with Crippen molar-refractivity contribution in [2.45, 2.75) is 170 Å². The zero-order valence-corrected chi connectivity index (χ0v) is 30.5. The van der Waals surface area contributed by atoms with Gasteiger partial charge < -0.3 is 39.0 Å². The van der Waals surface area contributed by atoms with Crippen LogP contribution in [0.1, 0.15) is 158 Å². The second kappa shape index (κ2) is 31.7. The van der Waals surface area contributed by atoms with Crippen LogP contribution in [0.15, 0.2) is 0 Å². The highest BCUT2D eigenvalue weighted by atomic mass is 16.4. The van der Waals surface area contributed by atoms with Crippen LogP contribution >= 0.6 is 0 Å². The SMILES string of the molecule is CCCC[N+](CCCC)(CCCC)CCCC.CCCC[N+](CCCC)(CCCC)CCCC.O=C([O-])[C@H](O)[C@@H](O)C(=O)[O-]. The molecular weight excluding hydrogens is 556 g/mol. The molecule has 0 radical (unpaired) electrons. The van der Waals surface area contributed by atoms with E-state index < -0.39 is 24.1 Å². The number of rotatable bonds is 27. The number of hydrogen-bond donors (Lipinski definition) is 2. The van der Waals surface area contributed by atoms with Gasteiger partial charge in [0.15, 0.2) is 0 Å². The number of aliphatic carboxylic acids is 2. The van der Waals surface area contributed by atoms with Crippen LogP contribution in [0.4, 0.5) is 0 Å². The lowest BCUT2D eigenvalue weighted by Crippen LogP contribution is -2.51. The molecule has 0 saturated heterocycles. The molecule has 266 valence electrons. The van der Waals surface area contributed by atoms with E-state index in [1.165, 1.54) is 164 Å². The zero-order chi connectivity index (χ0) is 34.3. The number of carbonyl (C=O) groups excluding carboxylic acids is 2. The third-order valence-electron chi connectivity index (χ3n) is 8.67. The molecule has 0 saturated carbocycles. The van der Waals surface area contributed by atoms with Gasteiger partial charge in [-0.25, -0.2) is 0 Å². The van der Waals surface area contributed by atoms with Crippen LogP contribution < -0.4 is 10.2 Å². The maximum atomic E-state index is 9.63. The van der Waals surface area contributed by atoms with E-state index in [2.05, 4.69) is 55.4 Å². The van der Waals surface area contributed by atoms with E-state index in [1.807, 2.05) is 0 Å². The van der Waals surface area contributed by atoms with Gasteiger partial charge >= 0.3 is 0 Å². The van der Waals surface area contributed by atoms with Crippen LogP contribution in [0.2, 0.25) is 0 Å². The van der Waals surface area contributed by atoms with E-state index in [0.29, 0.717) is 0 Å². The van der Waals surface area contributed by atoms with Crippen LogP contribution in [0.5, 0.6) is 0 Å². The van der Waals surface area contributed by atoms with E-state index in [4.69, 9.17) is 10.2 Å². The Kier molecular flexibility index (Phi) is 34.1. The third-order valence-corrected chi connectivity index (χ3v) is 8.67. The lowest BCUT2D eigenvalue weighted by Gasteiger charge is -2.39. The number of nitrogens with zero attached hydrogens (tertiary/aromatic N) is 2. The summed E-state index contributed by atoms with van der Waals surface area (Å²) in [5, 5.41) is 35.7. The molecule has 0 aliphatic rings. The summed E-state index contributed by atoms with van der Waals surface area (Å²) in [4.78, 5) is 19.3. The van der Waals surface area contributed by atoms with Crippen molar-refractivity contribution in [2.75, 3.05) is 52.4 Å². The number of carbonyl (C=O) groups is 2. The maximum absolute atomic E-state index is 9.63. The first-order valence-corrected chi connectivity index (χ1v) is 18.4. The first kappa shape index (κ1) is 47.2. The standard InChI is InChI=1S/2C16H36N.C4H6O6/c2*1-5-9-13-17(14-10-6-2,15-11-7-3)16-12-8-4;5-1(3(7)8)2(6)4(9)10/h2*5-16H2,1-4H3;1-2,5-6H,(H,7,8)(H,9,10)/q2*+1;/p-2/t;;1-,2-/m..1/s1. The first-order valence-electron chi connectivity index (χ1n) is 18.4. The molecule has 2 atom stereocenters. The summed E-state index contributed by atoms with van der Waals surface area (Å²) in [7, 11) is 0. The molecule has 44 heavy (non-hydrogen) atoms. The quantitative estimate of drug-likeness (QED) is 0.120. The smallest absolute Gasteiger partial charge is 0.124 e. The van der Waals surface area contributed by atoms with Crippen molar-refractivity contribution in [1.82, 2.24) is 0 Å². The molecule has 0 amide bonds. The van der Waals surface area contributed by atoms with Crippen LogP contribution in [-0.2, 0) is 9.59 Å². The Morgan fingerprint density at radius 3 is 0.636 bits per heavy atom. The summed E-state index contributed by atoms with van der Waals surface area (Å²) in [6.07, 6.45) is 17.2. The molecule has 0 rings (SSSR count). The molecule has 0 bridgehead atoms. The molecule has 2 N–H and O–H groups in total. The molecule has 0 unspecified atom stereocenters. The molecule has 0 aliphatic carbocycles. The highest BCUT2D eigenvalue weighted by Gasteiger charge is 2.25. The Bertz CT molecular complexity index is 517. The van der Waals surface area contributed by atoms with Gasteiger partial charge in [0.05, 0.1) is 64.3 Å². The van der Waals surface area contributed by atoms with Crippen LogP contribution in [-0.4, -0.2) is 95.7 Å². The molecule has 0 fully saturated rings. The minimum atomic E-state index is -2.44. The lowest BCUT2D eigenvalue weighted by atomic mass is 10.1. The van der Waals surface area contributed by atoms with Gasteiger partial charge in [0.2, 0.25) is 0 Å². The Morgan fingerprint density at radius 2 is 0.545 bits per heavy atom. The van der Waals surface area contributed by atoms with Gasteiger partial charge in [0.25, 0.3) is 0 Å². The second-order valence-corrected chi connectivity index (χ2v) is 12.8. The van der Waals surface area contributed by atoms with Crippen molar-refractivity contribution in [3.8, 4) is 0 Å². The lowest BCUT2D eigenvalue weighted by molar-refractivity contribution is -0.929. The Labute approximate surface area is 273 Å². The van der Waals surface area contributed by atoms with Gasteiger partial charge in [0, 0.05) is 0 Å². The normalized spacial score (nSPS) is 12.9. The van der Waals surface area contributed by atoms with Gasteiger partial charge in [0.1, 0.15) is 12.2 Å². The molecule has 8 nitrogen and oxygen atoms in total. The number of aliphatic hydroxyl groups excluding tert-OH is 2. The Hall–Kier alpha value is -1.22. The zero-order valence-electron chi connectivity index (χ0n) is 30.5. The summed E-state index contributed by atoms with van der Waals surface area (Å²) in [5.41, 5.74) is 0. The number of quaternary nitrogens is 2. The van der Waals surface area contributed by atoms with Crippen LogP contribution in [0, 0.1) is 0 Å². The van der Waals surface area contributed by atoms with Crippen molar-refractivity contribution < 1.29 is 39.0 Å². The van der Waals surface area contributed by atoms with E-state index in [0.717, 1.165) is 0 Å². The molecule has 0 heterocycles. The summed E-state index contributed by atoms with van der Waals surface area (Å²) < 4.78 is 2.84. The predicted molar refractivity (Wildman–Crippen MR) is 181 cm³/mol. The fourth-order valence-electron chi connectivity index (χ4n) is 5.55. The molecular formula is C36H76N2O6. The predicted octanol–water partition coefficient (Wildman–Crippen LogP) is 5.22. The number of carboxylic acids is 2. The monoisotopic (exact) mass is 633 g/mol. The largest absolute Gasteiger partial charge is 0.547 e. The van der Waals surface area contributed by atoms with Crippen molar-refractivity contribution in [3.05, 3.63) is 0 Å². The minimum Gasteiger partial charge on any atom is -0.547 e. The van der Waals surface area contributed by atoms with Gasteiger partial charge in [-0.15, -0.1) is 0 Å². The highest BCUT2D eigenvalue weighted by molar-refractivity contribution is 5.80. The fourth-order valence-corrected chi connectivity index (χ4v) is 5.55. The van der Waals surface area contributed by atoms with E-state index in [-0.39, 0.29) is 0 Å². The van der Waals surface area contributed by atoms with Gasteiger partial charge in [-0.3, -0.25) is 0 Å². The number of hydrogen-bond acceptors (Lipinski definition) is 6. The van der Waals surface area contributed by atoms with Crippen molar-refractivity contribution in [3.63, 3.8) is 0 Å². The molecule has 0 aromatic carbocycles. The van der Waals surface area contributed by atoms with Gasteiger partial charge in [-0.2, -0.15) is 0 Å². The number of unbranched alkanes of at least 4 members (excludes halogenated alkanes) is 8. The van der Waals surface area contributed by atoms with E-state index in [9.17, 15) is 19.8 Å². The van der Waals surface area contributed by atoms with Crippen molar-refractivity contribution in [2.24, 2.45) is 0 Å². The summed E-state index contributed by atoms with van der Waals surface area (Å²) >= 11 is 0. The summed E-state index contributed by atoms with van der Waals surface area (Å²) in [6, 6.07) is 0. The Balaban J connectivity index is -0.000000594. The molecule has 0 aliphatic heterocycles. The van der Waals surface area contributed by atoms with E-state index >= 15 is 0 Å². The topological polar surface area (TPSA) is 121 Å². The van der Waals surface area contributed by atoms with Gasteiger partial charge in [-0.05, 0) is 51.4 Å². The molecule has 0 spiro atoms. The maximum Gasteiger partial charge on any atom is 0.124 e. The summed E-state index contributed by atoms with van der Waals surface area (Å²) in [6.45, 7) is 30.0. The fraction of sp³-hybridized carbons (Fsp3) is 0.944. The number of aliphatic hydroxyl groups is 2. The van der Waals surface area contributed by atoms with Crippen molar-refractivity contribution >= 4 is 11.9 Å².